The van der Waals surface area contributed by atoms with Crippen LogP contribution in [0.25, 0.3) is 0 Å². The molecule has 0 aromatic rings. The lowest BCUT2D eigenvalue weighted by molar-refractivity contribution is -0.854. The van der Waals surface area contributed by atoms with Crippen LogP contribution in [0.1, 0.15) is 96.8 Å². The van der Waals surface area contributed by atoms with Gasteiger partial charge in [0.1, 0.15) is 6.54 Å². The zero-order valence-corrected chi connectivity index (χ0v) is 17.2. The van der Waals surface area contributed by atoms with E-state index in [9.17, 15) is 0 Å². The van der Waals surface area contributed by atoms with Gasteiger partial charge < -0.3 is 12.4 Å². The molecule has 0 radical (unpaired) electrons. The molecule has 0 amide bonds. The van der Waals surface area contributed by atoms with Crippen LogP contribution in [-0.4, -0.2) is 24.6 Å². The molecule has 0 saturated heterocycles. The molecule has 1 rings (SSSR count). The van der Waals surface area contributed by atoms with Crippen molar-refractivity contribution in [1.29, 1.82) is 0 Å². The summed E-state index contributed by atoms with van der Waals surface area (Å²) in [6.45, 7) is 4.78. The van der Waals surface area contributed by atoms with E-state index in [4.69, 9.17) is 0 Å². The Bertz CT molecular complexity index is 324. The van der Waals surface area contributed by atoms with Crippen molar-refractivity contribution >= 4 is 0 Å². The molecule has 1 atom stereocenters. The Labute approximate surface area is 158 Å². The number of hydrogen-bond acceptors (Lipinski definition) is 0. The lowest BCUT2D eigenvalue weighted by Gasteiger charge is -2.30. The van der Waals surface area contributed by atoms with E-state index < -0.39 is 0 Å². The molecule has 1 unspecified atom stereocenters. The van der Waals surface area contributed by atoms with Gasteiger partial charge in [0.25, 0.3) is 0 Å². The topological polar surface area (TPSA) is 0 Å². The van der Waals surface area contributed by atoms with Crippen LogP contribution in [0.15, 0.2) is 24.4 Å². The Hall–Kier alpha value is -0.270. The van der Waals surface area contributed by atoms with E-state index in [-0.39, 0.29) is 12.4 Å². The molecule has 24 heavy (non-hydrogen) atoms. The fraction of sp³-hybridized carbons (Fsp3) is 0.818. The highest BCUT2D eigenvalue weighted by Crippen LogP contribution is 2.15. The van der Waals surface area contributed by atoms with E-state index in [0.29, 0.717) is 0 Å². The summed E-state index contributed by atoms with van der Waals surface area (Å²) in [5.74, 6) is 0. The molecule has 142 valence electrons. The summed E-state index contributed by atoms with van der Waals surface area (Å²) in [5, 5.41) is 0. The number of likely N-dealkylation sites (N-methyl/N-ethyl adjacent to an activating group) is 1. The van der Waals surface area contributed by atoms with Gasteiger partial charge in [0.2, 0.25) is 0 Å². The van der Waals surface area contributed by atoms with Crippen LogP contribution in [0.2, 0.25) is 0 Å². The quantitative estimate of drug-likeness (QED) is 0.307. The first-order valence-corrected chi connectivity index (χ1v) is 10.5. The minimum atomic E-state index is 0. The Morgan fingerprint density at radius 1 is 0.667 bits per heavy atom. The first kappa shape index (κ1) is 23.7. The highest BCUT2D eigenvalue weighted by molar-refractivity contribution is 5.03. The van der Waals surface area contributed by atoms with Gasteiger partial charge in [-0.1, -0.05) is 90.0 Å². The maximum absolute atomic E-state index is 2.35. The fourth-order valence-corrected chi connectivity index (χ4v) is 3.53. The summed E-state index contributed by atoms with van der Waals surface area (Å²) in [4.78, 5) is 0. The number of nitrogens with zero attached hydrogens (tertiary/aromatic N) is 1. The standard InChI is InChI=1S/C22H42N.ClH/c1-3-4-5-6-7-8-9-10-11-12-13-14-15-17-20-23(2)21-18-16-19-22-23;/h16,18-19,21H,3-15,17,20,22H2,1-2H3;1H/q+1;/p-1. The van der Waals surface area contributed by atoms with E-state index in [0.717, 1.165) is 4.48 Å². The van der Waals surface area contributed by atoms with Crippen LogP contribution < -0.4 is 12.4 Å². The summed E-state index contributed by atoms with van der Waals surface area (Å²) < 4.78 is 1.11. The molecule has 1 nitrogen and oxygen atoms in total. The maximum atomic E-state index is 2.35. The Kier molecular flexibility index (Phi) is 16.0. The van der Waals surface area contributed by atoms with Gasteiger partial charge in [0, 0.05) is 0 Å². The summed E-state index contributed by atoms with van der Waals surface area (Å²) in [6, 6.07) is 0. The number of quaternary nitrogens is 1. The molecule has 0 aliphatic carbocycles. The molecule has 0 spiro atoms. The van der Waals surface area contributed by atoms with Gasteiger partial charge in [-0.25, -0.2) is 0 Å². The van der Waals surface area contributed by atoms with Gasteiger partial charge in [-0.3, -0.25) is 4.48 Å². The van der Waals surface area contributed by atoms with Crippen molar-refractivity contribution in [2.75, 3.05) is 20.1 Å². The number of unbranched alkanes of at least 4 members (excludes halogenated alkanes) is 13. The Balaban J connectivity index is 0.00000529. The molecule has 0 aromatic carbocycles. The highest BCUT2D eigenvalue weighted by atomic mass is 35.5. The summed E-state index contributed by atoms with van der Waals surface area (Å²) >= 11 is 0. The van der Waals surface area contributed by atoms with Gasteiger partial charge in [-0.2, -0.15) is 0 Å². The van der Waals surface area contributed by atoms with E-state index >= 15 is 0 Å². The largest absolute Gasteiger partial charge is 1.00 e. The van der Waals surface area contributed by atoms with Crippen LogP contribution in [-0.2, 0) is 0 Å². The molecule has 0 fully saturated rings. The van der Waals surface area contributed by atoms with Crippen molar-refractivity contribution in [2.45, 2.75) is 96.8 Å². The van der Waals surface area contributed by atoms with E-state index in [2.05, 4.69) is 38.4 Å². The fourth-order valence-electron chi connectivity index (χ4n) is 3.53. The molecule has 0 bridgehead atoms. The van der Waals surface area contributed by atoms with E-state index in [1.165, 1.54) is 103 Å². The molecule has 0 aromatic heterocycles. The van der Waals surface area contributed by atoms with Gasteiger partial charge in [0.05, 0.1) is 19.8 Å². The molecule has 1 heterocycles. The highest BCUT2D eigenvalue weighted by Gasteiger charge is 2.17. The first-order valence-electron chi connectivity index (χ1n) is 10.5. The van der Waals surface area contributed by atoms with Gasteiger partial charge >= 0.3 is 0 Å². The van der Waals surface area contributed by atoms with Crippen molar-refractivity contribution in [3.8, 4) is 0 Å². The third-order valence-corrected chi connectivity index (χ3v) is 5.24. The Morgan fingerprint density at radius 2 is 1.12 bits per heavy atom. The number of rotatable bonds is 15. The lowest BCUT2D eigenvalue weighted by Crippen LogP contribution is -3.00. The molecular formula is C22H42ClN. The van der Waals surface area contributed by atoms with Crippen molar-refractivity contribution in [1.82, 2.24) is 0 Å². The molecule has 2 heteroatoms. The summed E-state index contributed by atoms with van der Waals surface area (Å²) in [7, 11) is 2.35. The van der Waals surface area contributed by atoms with E-state index in [1.54, 1.807) is 0 Å². The van der Waals surface area contributed by atoms with E-state index in [1.807, 2.05) is 0 Å². The predicted molar refractivity (Wildman–Crippen MR) is 105 cm³/mol. The summed E-state index contributed by atoms with van der Waals surface area (Å²) in [5.41, 5.74) is 0. The van der Waals surface area contributed by atoms with Crippen LogP contribution in [0.5, 0.6) is 0 Å². The van der Waals surface area contributed by atoms with Crippen molar-refractivity contribution in [3.05, 3.63) is 24.4 Å². The maximum Gasteiger partial charge on any atom is 0.102 e. The average molecular weight is 356 g/mol. The summed E-state index contributed by atoms with van der Waals surface area (Å²) in [6.07, 6.45) is 29.3. The normalized spacial score (nSPS) is 19.4. The van der Waals surface area contributed by atoms with Crippen molar-refractivity contribution in [2.24, 2.45) is 0 Å². The Morgan fingerprint density at radius 3 is 1.54 bits per heavy atom. The molecule has 0 saturated carbocycles. The zero-order chi connectivity index (χ0) is 16.6. The SMILES string of the molecule is CCCCCCCCCCCCCCCC[N+]1(C)C=CC=CC1.[Cl-]. The molecule has 1 aliphatic rings. The minimum Gasteiger partial charge on any atom is -1.00 e. The second kappa shape index (κ2) is 16.2. The second-order valence-corrected chi connectivity index (χ2v) is 7.75. The third kappa shape index (κ3) is 13.1. The smallest absolute Gasteiger partial charge is 0.102 e. The zero-order valence-electron chi connectivity index (χ0n) is 16.4. The van der Waals surface area contributed by atoms with Crippen molar-refractivity contribution < 1.29 is 16.9 Å². The van der Waals surface area contributed by atoms with Crippen LogP contribution in [0.4, 0.5) is 0 Å². The monoisotopic (exact) mass is 355 g/mol. The molecular weight excluding hydrogens is 314 g/mol. The molecule has 0 N–H and O–H groups in total. The molecule has 1 aliphatic heterocycles. The van der Waals surface area contributed by atoms with Gasteiger partial charge in [-0.15, -0.1) is 0 Å². The number of halogens is 1. The van der Waals surface area contributed by atoms with Crippen LogP contribution in [0, 0.1) is 0 Å². The number of hydrogen-bond donors (Lipinski definition) is 0. The minimum absolute atomic E-state index is 0. The first-order chi connectivity index (χ1) is 11.3. The average Bonchev–Trinajstić information content (AvgIpc) is 2.56. The van der Waals surface area contributed by atoms with Gasteiger partial charge in [0.15, 0.2) is 0 Å². The lowest BCUT2D eigenvalue weighted by atomic mass is 10.0. The predicted octanol–water partition coefficient (Wildman–Crippen LogP) is 4.00. The van der Waals surface area contributed by atoms with Crippen LogP contribution in [0.3, 0.4) is 0 Å². The third-order valence-electron chi connectivity index (χ3n) is 5.24. The van der Waals surface area contributed by atoms with Gasteiger partial charge in [-0.05, 0) is 25.0 Å². The van der Waals surface area contributed by atoms with Crippen LogP contribution >= 0.6 is 0 Å². The number of allylic oxidation sites excluding steroid dienone is 2. The van der Waals surface area contributed by atoms with Crippen molar-refractivity contribution in [3.63, 3.8) is 0 Å². The second-order valence-electron chi connectivity index (χ2n) is 7.75.